The average Bonchev–Trinajstić information content (AvgIpc) is 0.828. The first-order valence-corrected chi connectivity index (χ1v) is 47.9. The summed E-state index contributed by atoms with van der Waals surface area (Å²) in [5.41, 5.74) is 0.174. The van der Waals surface area contributed by atoms with Crippen LogP contribution in [0.15, 0.2) is 182 Å². The first kappa shape index (κ1) is 103. The minimum atomic E-state index is -0.809. The van der Waals surface area contributed by atoms with E-state index in [1.807, 2.05) is 67.6 Å². The maximum atomic E-state index is 14.5. The molecule has 8 aromatic heterocycles. The highest BCUT2D eigenvalue weighted by molar-refractivity contribution is 6.10. The minimum Gasteiger partial charge on any atom is -0.493 e. The van der Waals surface area contributed by atoms with Crippen molar-refractivity contribution >= 4 is 99.9 Å². The molecule has 31 heteroatoms. The summed E-state index contributed by atoms with van der Waals surface area (Å²) in [6.45, 7) is 11.8. The van der Waals surface area contributed by atoms with Crippen molar-refractivity contribution in [1.82, 2.24) is 45.2 Å². The Morgan fingerprint density at radius 1 is 0.244 bits per heavy atom. The van der Waals surface area contributed by atoms with Crippen molar-refractivity contribution in [2.45, 2.75) is 253 Å². The summed E-state index contributed by atoms with van der Waals surface area (Å²) in [6, 6.07) is 47.9. The number of hydrogen-bond donors (Lipinski definition) is 9. The lowest BCUT2D eigenvalue weighted by molar-refractivity contribution is 0.0930. The van der Waals surface area contributed by atoms with Crippen molar-refractivity contribution in [3.63, 3.8) is 0 Å². The average molecular weight is 1840 g/mol. The molecule has 31 nitrogen and oxygen atoms in total. The van der Waals surface area contributed by atoms with Crippen LogP contribution in [0.4, 0.5) is 51.3 Å². The second-order valence-electron chi connectivity index (χ2n) is 33.2. The van der Waals surface area contributed by atoms with Gasteiger partial charge in [-0.05, 0) is 92.3 Å². The highest BCUT2D eigenvalue weighted by Gasteiger charge is 2.25. The normalized spacial score (nSPS) is 11.1. The smallest absolute Gasteiger partial charge is 0.413 e. The summed E-state index contributed by atoms with van der Waals surface area (Å²) in [7, 11) is 0. The summed E-state index contributed by atoms with van der Waals surface area (Å²) in [6.07, 6.45) is 33.2. The van der Waals surface area contributed by atoms with E-state index in [0.29, 0.717) is 26.1 Å². The number of unbranched alkanes of at least 4 members (excludes halogenated alkanes) is 28. The van der Waals surface area contributed by atoms with Crippen LogP contribution in [0.5, 0.6) is 23.0 Å². The van der Waals surface area contributed by atoms with Gasteiger partial charge in [0.1, 0.15) is 122 Å². The van der Waals surface area contributed by atoms with Crippen LogP contribution in [-0.4, -0.2) is 120 Å². The van der Waals surface area contributed by atoms with Gasteiger partial charge in [-0.2, -0.15) is 0 Å². The van der Waals surface area contributed by atoms with Crippen molar-refractivity contribution in [2.24, 2.45) is 0 Å². The van der Waals surface area contributed by atoms with Crippen molar-refractivity contribution < 1.29 is 66.8 Å². The fourth-order valence-electron chi connectivity index (χ4n) is 14.5. The van der Waals surface area contributed by atoms with Gasteiger partial charge in [-0.1, -0.05) is 292 Å². The van der Waals surface area contributed by atoms with Crippen molar-refractivity contribution in [2.75, 3.05) is 69.0 Å². The second-order valence-corrected chi connectivity index (χ2v) is 33.2. The Morgan fingerprint density at radius 2 is 0.459 bits per heavy atom. The Kier molecular flexibility index (Phi) is 44.2. The van der Waals surface area contributed by atoms with E-state index in [-0.39, 0.29) is 141 Å². The number of carbonyl (C=O) groups excluding carboxylic acids is 9. The van der Waals surface area contributed by atoms with Crippen LogP contribution in [-0.2, 0) is 11.3 Å². The van der Waals surface area contributed by atoms with Gasteiger partial charge in [0.15, 0.2) is 0 Å². The molecular formula is C104H129N17O14. The minimum absolute atomic E-state index is 0.00540. The Balaban J connectivity index is 0.821. The van der Waals surface area contributed by atoms with Gasteiger partial charge in [-0.25, -0.2) is 44.7 Å². The Hall–Kier alpha value is -14.1. The zero-order chi connectivity index (χ0) is 95.4. The topological polar surface area (TPSA) is 411 Å². The first-order chi connectivity index (χ1) is 65.9. The zero-order valence-electron chi connectivity index (χ0n) is 78.4. The van der Waals surface area contributed by atoms with Crippen LogP contribution < -0.4 is 66.8 Å². The molecule has 0 unspecified atom stereocenters. The zero-order valence-corrected chi connectivity index (χ0v) is 78.4. The lowest BCUT2D eigenvalue weighted by Crippen LogP contribution is -2.28. The van der Waals surface area contributed by atoms with E-state index in [2.05, 4.69) is 115 Å². The molecule has 8 heterocycles. The van der Waals surface area contributed by atoms with Crippen LogP contribution in [0, 0.1) is 0 Å². The summed E-state index contributed by atoms with van der Waals surface area (Å²) >= 11 is 0. The summed E-state index contributed by atoms with van der Waals surface area (Å²) in [5.74, 6) is -5.06. The molecule has 0 fully saturated rings. The number of anilines is 8. The molecule has 2 aromatic carbocycles. The molecule has 0 aliphatic heterocycles. The molecule has 0 aliphatic carbocycles. The van der Waals surface area contributed by atoms with Gasteiger partial charge in [0.2, 0.25) is 0 Å². The van der Waals surface area contributed by atoms with Gasteiger partial charge < -0.3 is 66.2 Å². The Bertz CT molecular complexity index is 5460. The van der Waals surface area contributed by atoms with Gasteiger partial charge in [-0.15, -0.1) is 0 Å². The third-order valence-corrected chi connectivity index (χ3v) is 21.9. The van der Waals surface area contributed by atoms with Crippen molar-refractivity contribution in [3.8, 4) is 23.0 Å². The largest absolute Gasteiger partial charge is 0.493 e. The van der Waals surface area contributed by atoms with E-state index in [4.69, 9.17) is 23.7 Å². The quantitative estimate of drug-likeness (QED) is 0.0160. The Labute approximate surface area is 791 Å². The molecule has 0 saturated heterocycles. The van der Waals surface area contributed by atoms with Gasteiger partial charge in [0, 0.05) is 48.5 Å². The monoisotopic (exact) mass is 1840 g/mol. The van der Waals surface area contributed by atoms with Crippen molar-refractivity contribution in [1.29, 1.82) is 0 Å². The lowest BCUT2D eigenvalue weighted by atomic mass is 10.1. The summed E-state index contributed by atoms with van der Waals surface area (Å²) < 4.78 is 30.1. The van der Waals surface area contributed by atoms with Gasteiger partial charge in [-0.3, -0.25) is 43.7 Å². The van der Waals surface area contributed by atoms with E-state index in [1.165, 1.54) is 167 Å². The number of benzene rings is 2. The molecule has 10 rings (SSSR count). The van der Waals surface area contributed by atoms with Gasteiger partial charge >= 0.3 is 6.09 Å². The van der Waals surface area contributed by atoms with Gasteiger partial charge in [0.25, 0.3) is 47.3 Å². The van der Waals surface area contributed by atoms with Crippen LogP contribution in [0.2, 0.25) is 0 Å². The summed E-state index contributed by atoms with van der Waals surface area (Å²) in [4.78, 5) is 163. The Morgan fingerprint density at radius 3 is 0.704 bits per heavy atom. The molecule has 0 radical (unpaired) electrons. The number of nitrogens with zero attached hydrogens (tertiary/aromatic N) is 8. The number of nitrogens with one attached hydrogen (secondary N) is 9. The first-order valence-electron chi connectivity index (χ1n) is 47.9. The van der Waals surface area contributed by atoms with Crippen LogP contribution in [0.25, 0.3) is 0 Å². The van der Waals surface area contributed by atoms with Crippen molar-refractivity contribution in [3.05, 3.63) is 239 Å². The standard InChI is InChI=1S/C104H129N17O14/c1-6-10-14-18-22-26-30-40-60-131-76-64-80(96(122)105-73(5)75-50-38-35-39-51-75)106-81(65-76)97(123)114-88-52-44-53-89(110-88)115-98(124)82-66-77(132-61-41-31-27-23-19-15-11-7-2)67-83(107-82)99(125)116-90-54-45-55-91(111-90)117-100(126)84-68-78(133-62-42-32-28-24-20-16-12-8-3)69-85(108-84)101(127)118-92-56-46-57-93(112-92)119-102(128)86-70-79(134-63-43-33-29-25-21-17-13-9-4)71-87(109-86)103(129)120-94-58-47-59-95(113-94)121-104(130)135-72-74-48-36-34-37-49-74/h34-39,44-59,64-71,73H,6-33,40-43,60-63,72H2,1-5H3,(H,105,122)(H2,110,114,115,123,124)(H2,111,116,117,125,126)(H2,112,118,119,127,128)(H2,113,120,121,129,130)/t73-/m0/s1. The van der Waals surface area contributed by atoms with E-state index in [9.17, 15) is 43.2 Å². The number of rotatable bonds is 60. The molecule has 1 atom stereocenters. The predicted molar refractivity (Wildman–Crippen MR) is 525 cm³/mol. The van der Waals surface area contributed by atoms with Crippen LogP contribution >= 0.6 is 0 Å². The number of hydrogen-bond acceptors (Lipinski definition) is 22. The molecule has 9 N–H and O–H groups in total. The van der Waals surface area contributed by atoms with Crippen LogP contribution in [0.1, 0.15) is 341 Å². The van der Waals surface area contributed by atoms with E-state index in [1.54, 1.807) is 18.2 Å². The molecule has 714 valence electrons. The number of ether oxygens (including phenoxy) is 5. The van der Waals surface area contributed by atoms with E-state index < -0.39 is 53.4 Å². The van der Waals surface area contributed by atoms with Crippen LogP contribution in [0.3, 0.4) is 0 Å². The molecule has 0 saturated carbocycles. The molecule has 0 aliphatic rings. The fourth-order valence-corrected chi connectivity index (χ4v) is 14.5. The molecule has 9 amide bonds. The number of amides is 9. The maximum absolute atomic E-state index is 14.5. The molecule has 0 bridgehead atoms. The highest BCUT2D eigenvalue weighted by atomic mass is 16.5. The molecule has 10 aromatic rings. The number of carbonyl (C=O) groups is 9. The number of aromatic nitrogens is 8. The van der Waals surface area contributed by atoms with Gasteiger partial charge in [0.05, 0.1) is 32.5 Å². The molecular weight excluding hydrogens is 1710 g/mol. The second kappa shape index (κ2) is 58.0. The fraction of sp³-hybridized carbons (Fsp3) is 0.413. The molecule has 0 spiro atoms. The summed E-state index contributed by atoms with van der Waals surface area (Å²) in [5, 5.41) is 24.6. The number of pyridine rings is 8. The lowest BCUT2D eigenvalue weighted by Gasteiger charge is -2.15. The third kappa shape index (κ3) is 37.5. The third-order valence-electron chi connectivity index (χ3n) is 21.9. The molecule has 135 heavy (non-hydrogen) atoms. The van der Waals surface area contributed by atoms with E-state index >= 15 is 0 Å². The predicted octanol–water partition coefficient (Wildman–Crippen LogP) is 22.9. The van der Waals surface area contributed by atoms with E-state index in [0.717, 1.165) is 140 Å². The SMILES string of the molecule is CCCCCCCCCCOc1cc(C(=O)Nc2cccc(NC(=O)OCc3ccccc3)n2)nc(C(=O)Nc2cccc(NC(=O)c3cc(OCCCCCCCCCC)cc(C(=O)Nc4cccc(NC(=O)c5cc(OCCCCCCCCCC)cc(C(=O)Nc6cccc(NC(=O)c7cc(OCCCCCCCCCC)cc(C(=O)N[C@@H](C)c8ccccc8)n7)n6)n5)n4)n3)n2)c1. The maximum Gasteiger partial charge on any atom is 0.413 e. The highest BCUT2D eigenvalue weighted by Crippen LogP contribution is 2.28.